The van der Waals surface area contributed by atoms with Gasteiger partial charge < -0.3 is 25.2 Å². The predicted octanol–water partition coefficient (Wildman–Crippen LogP) is -1.29. The van der Waals surface area contributed by atoms with Gasteiger partial charge in [0.1, 0.15) is 5.84 Å². The van der Waals surface area contributed by atoms with Crippen LogP contribution in [0.3, 0.4) is 0 Å². The molecule has 11 heteroatoms. The lowest BCUT2D eigenvalue weighted by Crippen LogP contribution is -2.34. The zero-order chi connectivity index (χ0) is 20.0. The molecule has 3 amide bonds. The molecule has 2 atom stereocenters. The van der Waals surface area contributed by atoms with Gasteiger partial charge >= 0.3 is 5.97 Å². The highest BCUT2D eigenvalue weighted by Crippen LogP contribution is 2.28. The van der Waals surface area contributed by atoms with Crippen LogP contribution in [0.5, 0.6) is 0 Å². The van der Waals surface area contributed by atoms with Crippen molar-refractivity contribution in [3.63, 3.8) is 0 Å². The number of aromatic carboxylic acids is 1. The lowest BCUT2D eigenvalue weighted by atomic mass is 9.91. The summed E-state index contributed by atoms with van der Waals surface area (Å²) in [5.74, 6) is -4.16. The molecule has 1 aromatic rings. The number of rotatable bonds is 7. The van der Waals surface area contributed by atoms with Gasteiger partial charge in [-0.25, -0.2) is 4.79 Å². The van der Waals surface area contributed by atoms with E-state index in [4.69, 9.17) is 14.9 Å². The van der Waals surface area contributed by atoms with Gasteiger partial charge in [0.25, 0.3) is 17.7 Å². The van der Waals surface area contributed by atoms with Crippen LogP contribution in [-0.2, 0) is 9.47 Å². The van der Waals surface area contributed by atoms with Crippen molar-refractivity contribution in [1.29, 1.82) is 5.41 Å². The lowest BCUT2D eigenvalue weighted by molar-refractivity contribution is 0.0690. The van der Waals surface area contributed by atoms with E-state index in [1.165, 1.54) is 0 Å². The molecule has 28 heavy (non-hydrogen) atoms. The second-order valence-electron chi connectivity index (χ2n) is 6.56. The van der Waals surface area contributed by atoms with Gasteiger partial charge in [-0.3, -0.25) is 25.1 Å². The molecule has 0 bridgehead atoms. The van der Waals surface area contributed by atoms with Gasteiger partial charge in [-0.1, -0.05) is 0 Å². The first kappa shape index (κ1) is 18.1. The fraction of sp³-hybridized carbons (Fsp3) is 0.353. The standard InChI is InChI=1S/C17H16N4O7/c18-13(19-2-6-4-27-6)8-1-9(17(25)26)11-12(16(24)21-15(11)23)10(8)14(22)20-3-7-5-28-7/h1,6-7H,2-5H2,(H2,18,19)(H,20,22)(H,25,26)(H,21,23,24). The van der Waals surface area contributed by atoms with Crippen molar-refractivity contribution in [1.82, 2.24) is 16.0 Å². The Morgan fingerprint density at radius 1 is 1.07 bits per heavy atom. The number of epoxide rings is 2. The van der Waals surface area contributed by atoms with E-state index in [0.717, 1.165) is 6.07 Å². The Morgan fingerprint density at radius 2 is 1.64 bits per heavy atom. The van der Waals surface area contributed by atoms with Crippen molar-refractivity contribution >= 4 is 29.5 Å². The first-order chi connectivity index (χ1) is 13.4. The summed E-state index contributed by atoms with van der Waals surface area (Å²) in [6.45, 7) is 1.53. The topological polar surface area (TPSA) is 174 Å². The Bertz CT molecular complexity index is 934. The van der Waals surface area contributed by atoms with E-state index in [9.17, 15) is 24.3 Å². The van der Waals surface area contributed by atoms with Crippen LogP contribution in [0.25, 0.3) is 0 Å². The fourth-order valence-electron chi connectivity index (χ4n) is 2.95. The van der Waals surface area contributed by atoms with Crippen LogP contribution >= 0.6 is 0 Å². The molecule has 2 fully saturated rings. The molecule has 11 nitrogen and oxygen atoms in total. The third-order valence-electron chi connectivity index (χ3n) is 4.54. The summed E-state index contributed by atoms with van der Waals surface area (Å²) in [5.41, 5.74) is -1.49. The second-order valence-corrected chi connectivity index (χ2v) is 6.56. The summed E-state index contributed by atoms with van der Waals surface area (Å²) in [6.07, 6.45) is -0.193. The normalized spacial score (nSPS) is 21.6. The highest BCUT2D eigenvalue weighted by atomic mass is 16.6. The summed E-state index contributed by atoms with van der Waals surface area (Å²) < 4.78 is 10.1. The van der Waals surface area contributed by atoms with Crippen LogP contribution in [0.1, 0.15) is 47.0 Å². The number of carboxylic acids is 1. The van der Waals surface area contributed by atoms with Gasteiger partial charge in [-0.15, -0.1) is 0 Å². The third-order valence-corrected chi connectivity index (χ3v) is 4.54. The van der Waals surface area contributed by atoms with Crippen LogP contribution in [0.4, 0.5) is 0 Å². The highest BCUT2D eigenvalue weighted by molar-refractivity contribution is 6.29. The van der Waals surface area contributed by atoms with Crippen molar-refractivity contribution in [2.45, 2.75) is 12.2 Å². The Kier molecular flexibility index (Phi) is 4.32. The Morgan fingerprint density at radius 3 is 2.21 bits per heavy atom. The van der Waals surface area contributed by atoms with Crippen LogP contribution in [-0.4, -0.2) is 73.1 Å². The molecule has 3 heterocycles. The molecule has 146 valence electrons. The van der Waals surface area contributed by atoms with E-state index in [0.29, 0.717) is 19.8 Å². The number of carbonyl (C=O) groups excluding carboxylic acids is 3. The maximum Gasteiger partial charge on any atom is 0.336 e. The van der Waals surface area contributed by atoms with Gasteiger partial charge in [-0.2, -0.15) is 0 Å². The maximum absolute atomic E-state index is 12.8. The highest BCUT2D eigenvalue weighted by Gasteiger charge is 2.39. The number of carbonyl (C=O) groups is 4. The van der Waals surface area contributed by atoms with Crippen molar-refractivity contribution in [2.24, 2.45) is 0 Å². The number of benzene rings is 1. The minimum atomic E-state index is -1.45. The van der Waals surface area contributed by atoms with Crippen LogP contribution in [0, 0.1) is 5.41 Å². The van der Waals surface area contributed by atoms with Gasteiger partial charge in [0.15, 0.2) is 0 Å². The Labute approximate surface area is 157 Å². The molecule has 0 aliphatic carbocycles. The largest absolute Gasteiger partial charge is 0.478 e. The summed E-state index contributed by atoms with van der Waals surface area (Å²) in [7, 11) is 0. The lowest BCUT2D eigenvalue weighted by Gasteiger charge is -2.16. The number of ether oxygens (including phenoxy) is 2. The van der Waals surface area contributed by atoms with E-state index in [1.807, 2.05) is 5.32 Å². The summed E-state index contributed by atoms with van der Waals surface area (Å²) in [6, 6.07) is 1.06. The molecule has 0 saturated carbocycles. The summed E-state index contributed by atoms with van der Waals surface area (Å²) in [5, 5.41) is 25.1. The zero-order valence-corrected chi connectivity index (χ0v) is 14.5. The zero-order valence-electron chi connectivity index (χ0n) is 14.5. The Balaban J connectivity index is 1.80. The average Bonchev–Trinajstić information content (AvgIpc) is 3.57. The molecule has 0 aromatic heterocycles. The maximum atomic E-state index is 12.8. The third kappa shape index (κ3) is 3.32. The number of imide groups is 1. The first-order valence-electron chi connectivity index (χ1n) is 8.51. The van der Waals surface area contributed by atoms with E-state index in [-0.39, 0.29) is 46.8 Å². The molecule has 4 rings (SSSR count). The fourth-order valence-corrected chi connectivity index (χ4v) is 2.95. The van der Waals surface area contributed by atoms with Crippen molar-refractivity contribution in [2.75, 3.05) is 26.3 Å². The molecule has 5 N–H and O–H groups in total. The molecule has 2 unspecified atom stereocenters. The summed E-state index contributed by atoms with van der Waals surface area (Å²) >= 11 is 0. The first-order valence-corrected chi connectivity index (χ1v) is 8.51. The summed E-state index contributed by atoms with van der Waals surface area (Å²) in [4.78, 5) is 48.9. The molecular formula is C17H16N4O7. The number of hydrogen-bond donors (Lipinski definition) is 5. The van der Waals surface area contributed by atoms with Crippen molar-refractivity contribution < 1.29 is 33.8 Å². The van der Waals surface area contributed by atoms with Crippen LogP contribution in [0.15, 0.2) is 6.07 Å². The molecular weight excluding hydrogens is 372 g/mol. The van der Waals surface area contributed by atoms with E-state index < -0.39 is 29.3 Å². The molecule has 1 aromatic carbocycles. The van der Waals surface area contributed by atoms with E-state index in [1.54, 1.807) is 0 Å². The molecule has 2 saturated heterocycles. The number of hydrogen-bond acceptors (Lipinski definition) is 7. The van der Waals surface area contributed by atoms with Crippen molar-refractivity contribution in [3.8, 4) is 0 Å². The smallest absolute Gasteiger partial charge is 0.336 e. The molecule has 3 aliphatic heterocycles. The Hall–Kier alpha value is -3.31. The monoisotopic (exact) mass is 388 g/mol. The number of amides is 3. The quantitative estimate of drug-likeness (QED) is 0.166. The minimum absolute atomic E-state index is 0.0668. The van der Waals surface area contributed by atoms with Gasteiger partial charge in [-0.05, 0) is 6.07 Å². The molecule has 3 aliphatic rings. The van der Waals surface area contributed by atoms with Crippen molar-refractivity contribution in [3.05, 3.63) is 33.9 Å². The van der Waals surface area contributed by atoms with Crippen LogP contribution in [0.2, 0.25) is 0 Å². The van der Waals surface area contributed by atoms with Gasteiger partial charge in [0, 0.05) is 18.7 Å². The second kappa shape index (κ2) is 6.69. The average molecular weight is 388 g/mol. The SMILES string of the molecule is N=C(NCC1CO1)c1cc(C(=O)O)c2c(c1C(=O)NCC1CO1)C(=O)NC2=O. The van der Waals surface area contributed by atoms with Gasteiger partial charge in [0.2, 0.25) is 0 Å². The molecule has 0 spiro atoms. The number of nitrogens with one attached hydrogen (secondary N) is 4. The van der Waals surface area contributed by atoms with E-state index in [2.05, 4.69) is 10.6 Å². The minimum Gasteiger partial charge on any atom is -0.478 e. The van der Waals surface area contributed by atoms with Crippen LogP contribution < -0.4 is 16.0 Å². The number of carboxylic acid groups (broad SMARTS) is 1. The number of amidine groups is 1. The molecule has 0 radical (unpaired) electrons. The van der Waals surface area contributed by atoms with Gasteiger partial charge in [0.05, 0.1) is 47.7 Å². The predicted molar refractivity (Wildman–Crippen MR) is 91.8 cm³/mol. The number of fused-ring (bicyclic) bond motifs is 1. The van der Waals surface area contributed by atoms with E-state index >= 15 is 0 Å².